The van der Waals surface area contributed by atoms with Gasteiger partial charge in [0.2, 0.25) is 0 Å². The number of carbonyl (C=O) groups is 1. The van der Waals surface area contributed by atoms with E-state index < -0.39 is 11.4 Å². The predicted molar refractivity (Wildman–Crippen MR) is 64.2 cm³/mol. The molecule has 0 aromatic carbocycles. The second-order valence-electron chi connectivity index (χ2n) is 3.56. The van der Waals surface area contributed by atoms with Crippen LogP contribution in [0.25, 0.3) is 0 Å². The fourth-order valence-electron chi connectivity index (χ4n) is 0.684. The van der Waals surface area contributed by atoms with Gasteiger partial charge in [-0.15, -0.1) is 23.1 Å². The van der Waals surface area contributed by atoms with Crippen LogP contribution in [0, 0.1) is 5.41 Å². The molecule has 2 nitrogen and oxygen atoms in total. The maximum Gasteiger partial charge on any atom is 0.309 e. The fraction of sp³-hybridized carbons (Fsp3) is 0.444. The van der Waals surface area contributed by atoms with Crippen LogP contribution in [-0.2, 0) is 4.79 Å². The molecule has 0 saturated heterocycles. The van der Waals surface area contributed by atoms with Crippen LogP contribution in [0.1, 0.15) is 13.8 Å². The largest absolute Gasteiger partial charge is 0.481 e. The normalized spacial score (nSPS) is 11.6. The highest BCUT2D eigenvalue weighted by atomic mass is 79.9. The minimum atomic E-state index is -0.749. The molecule has 1 aromatic rings. The van der Waals surface area contributed by atoms with Crippen LogP contribution in [0.5, 0.6) is 0 Å². The molecule has 1 N–H and O–H groups in total. The molecule has 5 heteroatoms. The van der Waals surface area contributed by atoms with Crippen LogP contribution in [0.2, 0.25) is 0 Å². The molecule has 0 radical (unpaired) electrons. The third-order valence-electron chi connectivity index (χ3n) is 1.70. The number of halogens is 1. The van der Waals surface area contributed by atoms with E-state index >= 15 is 0 Å². The molecule has 0 bridgehead atoms. The lowest BCUT2D eigenvalue weighted by atomic mass is 9.97. The Morgan fingerprint density at radius 1 is 1.71 bits per heavy atom. The van der Waals surface area contributed by atoms with Gasteiger partial charge in [0, 0.05) is 15.6 Å². The number of carboxylic acid groups (broad SMARTS) is 1. The first-order valence-corrected chi connectivity index (χ1v) is 6.68. The molecule has 1 heterocycles. The zero-order chi connectivity index (χ0) is 10.8. The van der Waals surface area contributed by atoms with Gasteiger partial charge in [0.1, 0.15) is 0 Å². The molecule has 0 spiro atoms. The number of hydrogen-bond donors (Lipinski definition) is 1. The van der Waals surface area contributed by atoms with Crippen molar-refractivity contribution in [2.24, 2.45) is 5.41 Å². The van der Waals surface area contributed by atoms with Crippen molar-refractivity contribution >= 4 is 45.0 Å². The molecule has 0 saturated carbocycles. The van der Waals surface area contributed by atoms with Crippen LogP contribution in [0.4, 0.5) is 0 Å². The van der Waals surface area contributed by atoms with Gasteiger partial charge in [-0.1, -0.05) is 0 Å². The molecule has 0 aliphatic carbocycles. The lowest BCUT2D eigenvalue weighted by molar-refractivity contribution is -0.145. The molecular formula is C9H11BrO2S2. The summed E-state index contributed by atoms with van der Waals surface area (Å²) in [5, 5.41) is 10.9. The topological polar surface area (TPSA) is 37.3 Å². The highest BCUT2D eigenvalue weighted by Crippen LogP contribution is 2.33. The van der Waals surface area contributed by atoms with E-state index in [1.165, 1.54) is 0 Å². The van der Waals surface area contributed by atoms with Gasteiger partial charge in [0.15, 0.2) is 0 Å². The van der Waals surface area contributed by atoms with Gasteiger partial charge in [0.05, 0.1) is 9.62 Å². The van der Waals surface area contributed by atoms with Crippen molar-refractivity contribution in [1.29, 1.82) is 0 Å². The Kier molecular flexibility index (Phi) is 4.04. The van der Waals surface area contributed by atoms with E-state index in [9.17, 15) is 4.79 Å². The second kappa shape index (κ2) is 4.68. The first kappa shape index (κ1) is 12.1. The molecule has 0 unspecified atom stereocenters. The number of rotatable bonds is 4. The minimum absolute atomic E-state index is 0.593. The number of hydrogen-bond acceptors (Lipinski definition) is 3. The van der Waals surface area contributed by atoms with Gasteiger partial charge < -0.3 is 5.11 Å². The van der Waals surface area contributed by atoms with E-state index in [2.05, 4.69) is 15.9 Å². The van der Waals surface area contributed by atoms with Gasteiger partial charge in [0.25, 0.3) is 0 Å². The standard InChI is InChI=1S/C9H11BrO2S2/c1-9(2,8(11)12)5-14-7-3-6(10)4-13-7/h3-4H,5H2,1-2H3,(H,11,12). The summed E-state index contributed by atoms with van der Waals surface area (Å²) in [6, 6.07) is 2.01. The first-order valence-electron chi connectivity index (χ1n) is 4.02. The molecule has 0 fully saturated rings. The SMILES string of the molecule is CC(C)(CSc1cc(Br)cs1)C(=O)O. The monoisotopic (exact) mass is 294 g/mol. The fourth-order valence-corrected chi connectivity index (χ4v) is 3.42. The van der Waals surface area contributed by atoms with E-state index in [0.29, 0.717) is 5.75 Å². The number of thiophene rings is 1. The van der Waals surface area contributed by atoms with Crippen LogP contribution >= 0.6 is 39.0 Å². The van der Waals surface area contributed by atoms with E-state index in [-0.39, 0.29) is 0 Å². The van der Waals surface area contributed by atoms with E-state index in [0.717, 1.165) is 8.68 Å². The quantitative estimate of drug-likeness (QED) is 0.860. The van der Waals surface area contributed by atoms with Gasteiger partial charge >= 0.3 is 5.97 Å². The lowest BCUT2D eigenvalue weighted by Crippen LogP contribution is -2.26. The molecule has 0 atom stereocenters. The Hall–Kier alpha value is -0.000000000000000111. The summed E-state index contributed by atoms with van der Waals surface area (Å²) >= 11 is 6.57. The Morgan fingerprint density at radius 3 is 2.79 bits per heavy atom. The number of aliphatic carboxylic acids is 1. The summed E-state index contributed by atoms with van der Waals surface area (Å²) in [5.41, 5.74) is -0.666. The molecule has 0 aliphatic rings. The summed E-state index contributed by atoms with van der Waals surface area (Å²) in [6.07, 6.45) is 0. The Bertz CT molecular complexity index is 333. The second-order valence-corrected chi connectivity index (χ2v) is 6.66. The Morgan fingerprint density at radius 2 is 2.36 bits per heavy atom. The predicted octanol–water partition coefficient (Wildman–Crippen LogP) is 3.71. The highest BCUT2D eigenvalue weighted by molar-refractivity contribution is 9.10. The van der Waals surface area contributed by atoms with E-state index in [4.69, 9.17) is 5.11 Å². The molecular weight excluding hydrogens is 284 g/mol. The zero-order valence-corrected chi connectivity index (χ0v) is 11.1. The van der Waals surface area contributed by atoms with Crippen molar-refractivity contribution in [3.05, 3.63) is 15.9 Å². The Balaban J connectivity index is 2.52. The highest BCUT2D eigenvalue weighted by Gasteiger charge is 2.27. The van der Waals surface area contributed by atoms with Crippen molar-refractivity contribution < 1.29 is 9.90 Å². The maximum atomic E-state index is 10.8. The summed E-state index contributed by atoms with van der Waals surface area (Å²) < 4.78 is 2.20. The van der Waals surface area contributed by atoms with Crippen molar-refractivity contribution in [3.63, 3.8) is 0 Å². The molecule has 1 aromatic heterocycles. The van der Waals surface area contributed by atoms with Gasteiger partial charge in [-0.2, -0.15) is 0 Å². The third-order valence-corrected chi connectivity index (χ3v) is 5.09. The van der Waals surface area contributed by atoms with Crippen molar-refractivity contribution in [1.82, 2.24) is 0 Å². The smallest absolute Gasteiger partial charge is 0.309 e. The summed E-state index contributed by atoms with van der Waals surface area (Å²) in [4.78, 5) is 10.8. The molecule has 14 heavy (non-hydrogen) atoms. The van der Waals surface area contributed by atoms with Crippen molar-refractivity contribution in [2.75, 3.05) is 5.75 Å². The van der Waals surface area contributed by atoms with Crippen LogP contribution < -0.4 is 0 Å². The van der Waals surface area contributed by atoms with Gasteiger partial charge in [-0.25, -0.2) is 0 Å². The first-order chi connectivity index (χ1) is 6.42. The minimum Gasteiger partial charge on any atom is -0.481 e. The van der Waals surface area contributed by atoms with Crippen LogP contribution in [-0.4, -0.2) is 16.8 Å². The average molecular weight is 295 g/mol. The van der Waals surface area contributed by atoms with Crippen LogP contribution in [0.3, 0.4) is 0 Å². The number of thioether (sulfide) groups is 1. The van der Waals surface area contributed by atoms with Crippen molar-refractivity contribution in [2.45, 2.75) is 18.1 Å². The average Bonchev–Trinajstić information content (AvgIpc) is 2.48. The van der Waals surface area contributed by atoms with Gasteiger partial charge in [-0.05, 0) is 35.8 Å². The number of carboxylic acids is 1. The van der Waals surface area contributed by atoms with Gasteiger partial charge in [-0.3, -0.25) is 4.79 Å². The lowest BCUT2D eigenvalue weighted by Gasteiger charge is -2.17. The molecule has 0 aliphatic heterocycles. The molecule has 0 amide bonds. The third kappa shape index (κ3) is 3.29. The van der Waals surface area contributed by atoms with Crippen molar-refractivity contribution in [3.8, 4) is 0 Å². The van der Waals surface area contributed by atoms with E-state index in [1.54, 1.807) is 36.9 Å². The van der Waals surface area contributed by atoms with Crippen LogP contribution in [0.15, 0.2) is 20.1 Å². The summed E-state index contributed by atoms with van der Waals surface area (Å²) in [5.74, 6) is -0.157. The molecule has 1 rings (SSSR count). The summed E-state index contributed by atoms with van der Waals surface area (Å²) in [6.45, 7) is 3.48. The Labute approximate surface area is 99.8 Å². The zero-order valence-electron chi connectivity index (χ0n) is 7.91. The molecule has 78 valence electrons. The summed E-state index contributed by atoms with van der Waals surface area (Å²) in [7, 11) is 0. The maximum absolute atomic E-state index is 10.8. The van der Waals surface area contributed by atoms with E-state index in [1.807, 2.05) is 11.4 Å².